The summed E-state index contributed by atoms with van der Waals surface area (Å²) >= 11 is 0. The Balaban J connectivity index is 1.39. The van der Waals surface area contributed by atoms with Gasteiger partial charge in [0.2, 0.25) is 5.43 Å². The van der Waals surface area contributed by atoms with E-state index in [-0.39, 0.29) is 23.1 Å². The maximum Gasteiger partial charge on any atom is 0.276 e. The first-order valence-electron chi connectivity index (χ1n) is 10.8. The molecule has 2 aliphatic rings. The lowest BCUT2D eigenvalue weighted by Gasteiger charge is -2.33. The smallest absolute Gasteiger partial charge is 0.276 e. The minimum absolute atomic E-state index is 0.0344. The van der Waals surface area contributed by atoms with Gasteiger partial charge in [0.15, 0.2) is 5.69 Å². The number of para-hydroxylation sites is 1. The molecule has 0 atom stereocenters. The van der Waals surface area contributed by atoms with Gasteiger partial charge in [0.05, 0.1) is 5.69 Å². The molecule has 1 amide bonds. The molecule has 29 heavy (non-hydrogen) atoms. The summed E-state index contributed by atoms with van der Waals surface area (Å²) in [6, 6.07) is 11.2. The summed E-state index contributed by atoms with van der Waals surface area (Å²) in [6.45, 7) is 5.04. The van der Waals surface area contributed by atoms with Gasteiger partial charge in [-0.25, -0.2) is 4.68 Å². The van der Waals surface area contributed by atoms with Crippen LogP contribution >= 0.6 is 0 Å². The van der Waals surface area contributed by atoms with E-state index in [1.165, 1.54) is 38.3 Å². The lowest BCUT2D eigenvalue weighted by Crippen LogP contribution is -2.46. The van der Waals surface area contributed by atoms with Crippen LogP contribution < -0.4 is 10.7 Å². The van der Waals surface area contributed by atoms with E-state index in [4.69, 9.17) is 0 Å². The molecule has 1 aromatic heterocycles. The van der Waals surface area contributed by atoms with Crippen molar-refractivity contribution in [2.75, 3.05) is 19.6 Å². The minimum atomic E-state index is -0.367. The van der Waals surface area contributed by atoms with Crippen LogP contribution in [-0.4, -0.2) is 46.3 Å². The molecule has 4 rings (SSSR count). The van der Waals surface area contributed by atoms with Crippen LogP contribution in [0.25, 0.3) is 5.69 Å². The highest BCUT2D eigenvalue weighted by Gasteiger charge is 2.25. The summed E-state index contributed by atoms with van der Waals surface area (Å²) in [5, 5.41) is 7.42. The number of carbonyl (C=O) groups is 1. The first kappa shape index (κ1) is 19.8. The first-order chi connectivity index (χ1) is 14.1. The van der Waals surface area contributed by atoms with E-state index in [1.54, 1.807) is 4.68 Å². The van der Waals surface area contributed by atoms with E-state index in [0.717, 1.165) is 37.5 Å². The number of benzene rings is 1. The second-order valence-electron chi connectivity index (χ2n) is 8.44. The first-order valence-corrected chi connectivity index (χ1v) is 10.8. The summed E-state index contributed by atoms with van der Waals surface area (Å²) in [6.07, 6.45) is 7.34. The predicted molar refractivity (Wildman–Crippen MR) is 113 cm³/mol. The molecular formula is C23H30N4O2. The number of nitrogens with zero attached hydrogens (tertiary/aromatic N) is 3. The molecule has 0 unspecified atom stereocenters. The second-order valence-corrected chi connectivity index (χ2v) is 8.44. The van der Waals surface area contributed by atoms with Gasteiger partial charge in [-0.05, 0) is 50.7 Å². The van der Waals surface area contributed by atoms with E-state index in [9.17, 15) is 9.59 Å². The molecular weight excluding hydrogens is 364 g/mol. The molecule has 1 aliphatic carbocycles. The minimum Gasteiger partial charge on any atom is -0.348 e. The fraction of sp³-hybridized carbons (Fsp3) is 0.522. The van der Waals surface area contributed by atoms with Gasteiger partial charge in [-0.1, -0.05) is 31.0 Å². The van der Waals surface area contributed by atoms with Gasteiger partial charge in [-0.3, -0.25) is 9.59 Å². The number of aromatic nitrogens is 2. The van der Waals surface area contributed by atoms with Crippen LogP contribution in [0.1, 0.15) is 54.7 Å². The third-order valence-electron chi connectivity index (χ3n) is 6.24. The van der Waals surface area contributed by atoms with Gasteiger partial charge in [-0.15, -0.1) is 0 Å². The third-order valence-corrected chi connectivity index (χ3v) is 6.24. The second kappa shape index (κ2) is 8.91. The average Bonchev–Trinajstić information content (AvgIpc) is 3.23. The molecule has 1 aromatic carbocycles. The molecule has 0 radical (unpaired) electrons. The summed E-state index contributed by atoms with van der Waals surface area (Å²) in [5.74, 6) is 0.489. The molecule has 1 saturated heterocycles. The molecule has 154 valence electrons. The zero-order valence-corrected chi connectivity index (χ0v) is 17.1. The summed E-state index contributed by atoms with van der Waals surface area (Å²) in [4.78, 5) is 27.7. The summed E-state index contributed by atoms with van der Waals surface area (Å²) in [5.41, 5.74) is 1.18. The van der Waals surface area contributed by atoms with Crippen molar-refractivity contribution < 1.29 is 4.79 Å². The van der Waals surface area contributed by atoms with E-state index in [0.29, 0.717) is 5.69 Å². The van der Waals surface area contributed by atoms with E-state index < -0.39 is 0 Å². The van der Waals surface area contributed by atoms with Crippen molar-refractivity contribution in [2.24, 2.45) is 5.92 Å². The predicted octanol–water partition coefficient (Wildman–Crippen LogP) is 2.93. The lowest BCUT2D eigenvalue weighted by molar-refractivity contribution is 0.0897. The molecule has 1 N–H and O–H groups in total. The van der Waals surface area contributed by atoms with Crippen LogP contribution in [-0.2, 0) is 0 Å². The normalized spacial score (nSPS) is 18.8. The Morgan fingerprint density at radius 3 is 2.48 bits per heavy atom. The Bertz CT molecular complexity index is 895. The molecule has 2 heterocycles. The molecule has 0 spiro atoms. The average molecular weight is 395 g/mol. The lowest BCUT2D eigenvalue weighted by atomic mass is 10.0. The fourth-order valence-electron chi connectivity index (χ4n) is 4.61. The van der Waals surface area contributed by atoms with Crippen molar-refractivity contribution in [1.82, 2.24) is 20.0 Å². The Morgan fingerprint density at radius 1 is 1.10 bits per heavy atom. The number of likely N-dealkylation sites (tertiary alicyclic amines) is 1. The van der Waals surface area contributed by atoms with Crippen LogP contribution in [0.3, 0.4) is 0 Å². The van der Waals surface area contributed by atoms with Crippen LogP contribution in [0, 0.1) is 12.8 Å². The highest BCUT2D eigenvalue weighted by atomic mass is 16.2. The molecule has 2 aromatic rings. The summed E-state index contributed by atoms with van der Waals surface area (Å²) < 4.78 is 1.65. The molecule has 1 aliphatic heterocycles. The largest absolute Gasteiger partial charge is 0.348 e. The van der Waals surface area contributed by atoms with Crippen LogP contribution in [0.5, 0.6) is 0 Å². The third kappa shape index (κ3) is 4.75. The number of carbonyl (C=O) groups excluding carboxylic acids is 1. The van der Waals surface area contributed by atoms with Gasteiger partial charge in [0, 0.05) is 37.4 Å². The Morgan fingerprint density at radius 2 is 1.79 bits per heavy atom. The van der Waals surface area contributed by atoms with Crippen molar-refractivity contribution in [3.63, 3.8) is 0 Å². The number of hydrogen-bond donors (Lipinski definition) is 1. The monoisotopic (exact) mass is 394 g/mol. The van der Waals surface area contributed by atoms with Gasteiger partial charge in [-0.2, -0.15) is 5.10 Å². The van der Waals surface area contributed by atoms with Crippen LogP contribution in [0.4, 0.5) is 0 Å². The molecule has 0 bridgehead atoms. The maximum atomic E-state index is 12.8. The van der Waals surface area contributed by atoms with Crippen molar-refractivity contribution >= 4 is 5.91 Å². The molecule has 6 heteroatoms. The number of aryl methyl sites for hydroxylation is 1. The Hall–Kier alpha value is -2.47. The Labute approximate surface area is 171 Å². The standard InChI is InChI=1S/C23H30N4O2/c1-17-15-21(28)22(25-27(17)20-9-3-2-4-10-20)23(29)24-19-11-13-26(14-12-19)16-18-7-5-6-8-18/h2-4,9-10,15,18-19H,5-8,11-14,16H2,1H3,(H,24,29). The van der Waals surface area contributed by atoms with Gasteiger partial charge < -0.3 is 10.2 Å². The number of piperidine rings is 1. The zero-order valence-electron chi connectivity index (χ0n) is 17.1. The van der Waals surface area contributed by atoms with Crippen LogP contribution in [0.2, 0.25) is 0 Å². The number of amides is 1. The molecule has 1 saturated carbocycles. The van der Waals surface area contributed by atoms with Crippen molar-refractivity contribution in [3.8, 4) is 5.69 Å². The summed E-state index contributed by atoms with van der Waals surface area (Å²) in [7, 11) is 0. The molecule has 6 nitrogen and oxygen atoms in total. The van der Waals surface area contributed by atoms with Crippen LogP contribution in [0.15, 0.2) is 41.2 Å². The topological polar surface area (TPSA) is 67.2 Å². The number of hydrogen-bond acceptors (Lipinski definition) is 4. The zero-order chi connectivity index (χ0) is 20.2. The van der Waals surface area contributed by atoms with Crippen molar-refractivity contribution in [1.29, 1.82) is 0 Å². The van der Waals surface area contributed by atoms with Gasteiger partial charge >= 0.3 is 0 Å². The van der Waals surface area contributed by atoms with Gasteiger partial charge in [0.25, 0.3) is 5.91 Å². The molecule has 2 fully saturated rings. The quantitative estimate of drug-likeness (QED) is 0.847. The van der Waals surface area contributed by atoms with E-state index in [1.807, 2.05) is 37.3 Å². The number of nitrogens with one attached hydrogen (secondary N) is 1. The van der Waals surface area contributed by atoms with Gasteiger partial charge in [0.1, 0.15) is 0 Å². The van der Waals surface area contributed by atoms with E-state index >= 15 is 0 Å². The maximum absolute atomic E-state index is 12.8. The Kier molecular flexibility index (Phi) is 6.09. The van der Waals surface area contributed by atoms with E-state index in [2.05, 4.69) is 15.3 Å². The number of rotatable bonds is 5. The fourth-order valence-corrected chi connectivity index (χ4v) is 4.61. The van der Waals surface area contributed by atoms with Crippen molar-refractivity contribution in [3.05, 3.63) is 58.0 Å². The highest BCUT2D eigenvalue weighted by Crippen LogP contribution is 2.26. The highest BCUT2D eigenvalue weighted by molar-refractivity contribution is 5.92. The SMILES string of the molecule is Cc1cc(=O)c(C(=O)NC2CCN(CC3CCCC3)CC2)nn1-c1ccccc1. The van der Waals surface area contributed by atoms with Crippen molar-refractivity contribution in [2.45, 2.75) is 51.5 Å².